The van der Waals surface area contributed by atoms with E-state index in [-0.39, 0.29) is 5.91 Å². The molecule has 0 bridgehead atoms. The minimum atomic E-state index is -0.123. The molecule has 0 spiro atoms. The lowest BCUT2D eigenvalue weighted by atomic mass is 9.96. The molecule has 2 rings (SSSR count). The second-order valence-electron chi connectivity index (χ2n) is 5.73. The van der Waals surface area contributed by atoms with E-state index in [4.69, 9.17) is 10.5 Å². The normalized spacial score (nSPS) is 16.0. The summed E-state index contributed by atoms with van der Waals surface area (Å²) in [5.74, 6) is 1.07. The van der Waals surface area contributed by atoms with E-state index in [2.05, 4.69) is 15.6 Å². The van der Waals surface area contributed by atoms with Crippen molar-refractivity contribution in [2.24, 2.45) is 10.7 Å². The van der Waals surface area contributed by atoms with Gasteiger partial charge in [-0.15, -0.1) is 0 Å². The van der Waals surface area contributed by atoms with Crippen molar-refractivity contribution in [3.05, 3.63) is 29.8 Å². The molecule has 0 saturated heterocycles. The van der Waals surface area contributed by atoms with Crippen molar-refractivity contribution < 1.29 is 9.53 Å². The first-order chi connectivity index (χ1) is 11.2. The molecule has 0 heterocycles. The van der Waals surface area contributed by atoms with Crippen LogP contribution in [0.2, 0.25) is 0 Å². The molecule has 126 valence electrons. The molecule has 1 saturated carbocycles. The summed E-state index contributed by atoms with van der Waals surface area (Å²) in [5, 5.41) is 6.08. The monoisotopic (exact) mass is 318 g/mol. The molecular formula is C17H26N4O2. The van der Waals surface area contributed by atoms with Gasteiger partial charge in [-0.3, -0.25) is 9.79 Å². The molecule has 23 heavy (non-hydrogen) atoms. The zero-order chi connectivity index (χ0) is 16.5. The van der Waals surface area contributed by atoms with Crippen LogP contribution in [0.15, 0.2) is 29.3 Å². The summed E-state index contributed by atoms with van der Waals surface area (Å²) < 4.78 is 5.07. The van der Waals surface area contributed by atoms with E-state index in [0.717, 1.165) is 18.6 Å². The Hall–Kier alpha value is -2.24. The van der Waals surface area contributed by atoms with E-state index in [1.54, 1.807) is 31.4 Å². The molecule has 1 aliphatic rings. The highest BCUT2D eigenvalue weighted by Gasteiger charge is 2.13. The smallest absolute Gasteiger partial charge is 0.251 e. The molecular weight excluding hydrogens is 292 g/mol. The average Bonchev–Trinajstić information content (AvgIpc) is 2.59. The number of ether oxygens (including phenoxy) is 1. The summed E-state index contributed by atoms with van der Waals surface area (Å²) >= 11 is 0. The van der Waals surface area contributed by atoms with E-state index < -0.39 is 0 Å². The Morgan fingerprint density at radius 3 is 2.61 bits per heavy atom. The van der Waals surface area contributed by atoms with E-state index in [9.17, 15) is 4.79 Å². The lowest BCUT2D eigenvalue weighted by Crippen LogP contribution is -2.41. The maximum absolute atomic E-state index is 12.0. The summed E-state index contributed by atoms with van der Waals surface area (Å²) in [4.78, 5) is 16.2. The second kappa shape index (κ2) is 9.02. The summed E-state index contributed by atoms with van der Waals surface area (Å²) in [5.41, 5.74) is 6.48. The molecule has 0 unspecified atom stereocenters. The number of amides is 1. The van der Waals surface area contributed by atoms with Crippen molar-refractivity contribution in [2.75, 3.05) is 20.2 Å². The van der Waals surface area contributed by atoms with Crippen LogP contribution in [0.4, 0.5) is 0 Å². The van der Waals surface area contributed by atoms with Gasteiger partial charge in [0.25, 0.3) is 5.91 Å². The highest BCUT2D eigenvalue weighted by atomic mass is 16.5. The number of hydrogen-bond acceptors (Lipinski definition) is 3. The quantitative estimate of drug-likeness (QED) is 0.423. The van der Waals surface area contributed by atoms with Crippen LogP contribution >= 0.6 is 0 Å². The number of nitrogens with one attached hydrogen (secondary N) is 2. The summed E-state index contributed by atoms with van der Waals surface area (Å²) in [6.45, 7) is 0.922. The van der Waals surface area contributed by atoms with Gasteiger partial charge in [-0.05, 0) is 37.1 Å². The Labute approximate surface area is 137 Å². The lowest BCUT2D eigenvalue weighted by Gasteiger charge is -2.23. The predicted molar refractivity (Wildman–Crippen MR) is 91.8 cm³/mol. The maximum atomic E-state index is 12.0. The van der Waals surface area contributed by atoms with E-state index in [1.165, 1.54) is 19.3 Å². The highest BCUT2D eigenvalue weighted by molar-refractivity contribution is 5.94. The zero-order valence-corrected chi connectivity index (χ0v) is 13.7. The number of nitrogens with two attached hydrogens (primary N) is 1. The van der Waals surface area contributed by atoms with Crippen LogP contribution in [-0.2, 0) is 0 Å². The van der Waals surface area contributed by atoms with Crippen LogP contribution < -0.4 is 21.1 Å². The first-order valence-corrected chi connectivity index (χ1v) is 8.18. The van der Waals surface area contributed by atoms with Gasteiger partial charge in [0.05, 0.1) is 13.7 Å². The van der Waals surface area contributed by atoms with Crippen LogP contribution in [0.25, 0.3) is 0 Å². The van der Waals surface area contributed by atoms with Crippen LogP contribution in [0, 0.1) is 0 Å². The maximum Gasteiger partial charge on any atom is 0.251 e. The molecule has 6 nitrogen and oxygen atoms in total. The fourth-order valence-corrected chi connectivity index (χ4v) is 2.69. The molecule has 4 N–H and O–H groups in total. The summed E-state index contributed by atoms with van der Waals surface area (Å²) in [7, 11) is 1.60. The Morgan fingerprint density at radius 1 is 1.26 bits per heavy atom. The van der Waals surface area contributed by atoms with Gasteiger partial charge >= 0.3 is 0 Å². The molecule has 1 aliphatic carbocycles. The fourth-order valence-electron chi connectivity index (χ4n) is 2.69. The number of nitrogens with zero attached hydrogens (tertiary/aromatic N) is 1. The van der Waals surface area contributed by atoms with Crippen LogP contribution in [0.1, 0.15) is 42.5 Å². The number of aliphatic imine (C=N–C) groups is 1. The topological polar surface area (TPSA) is 88.7 Å². The zero-order valence-electron chi connectivity index (χ0n) is 13.7. The third-order valence-electron chi connectivity index (χ3n) is 3.99. The molecule has 0 radical (unpaired) electrons. The highest BCUT2D eigenvalue weighted by Crippen LogP contribution is 2.17. The van der Waals surface area contributed by atoms with Crippen molar-refractivity contribution in [3.63, 3.8) is 0 Å². The molecule has 1 fully saturated rings. The number of carbonyl (C=O) groups excluding carboxylic acids is 1. The van der Waals surface area contributed by atoms with Gasteiger partial charge in [-0.25, -0.2) is 0 Å². The third-order valence-corrected chi connectivity index (χ3v) is 3.99. The fraction of sp³-hybridized carbons (Fsp3) is 0.529. The van der Waals surface area contributed by atoms with Crippen LogP contribution in [0.3, 0.4) is 0 Å². The summed E-state index contributed by atoms with van der Waals surface area (Å²) in [6, 6.07) is 7.44. The molecule has 1 aromatic carbocycles. The van der Waals surface area contributed by atoms with Gasteiger partial charge in [0, 0.05) is 18.2 Å². The van der Waals surface area contributed by atoms with Gasteiger partial charge < -0.3 is 21.1 Å². The van der Waals surface area contributed by atoms with Crippen molar-refractivity contribution in [1.82, 2.24) is 10.6 Å². The Balaban J connectivity index is 1.68. The lowest BCUT2D eigenvalue weighted by molar-refractivity contribution is 0.0955. The van der Waals surface area contributed by atoms with E-state index >= 15 is 0 Å². The molecule has 0 aliphatic heterocycles. The van der Waals surface area contributed by atoms with Gasteiger partial charge in [-0.1, -0.05) is 19.3 Å². The first-order valence-electron chi connectivity index (χ1n) is 8.18. The summed E-state index contributed by atoms with van der Waals surface area (Å²) in [6.07, 6.45) is 6.13. The average molecular weight is 318 g/mol. The standard InChI is InChI=1S/C17H26N4O2/c1-23-15-9-7-13(8-10-15)16(22)19-11-12-20-17(18)21-14-5-3-2-4-6-14/h7-10,14H,2-6,11-12H2,1H3,(H,19,22)(H3,18,20,21). The number of methoxy groups -OCH3 is 1. The predicted octanol–water partition coefficient (Wildman–Crippen LogP) is 1.66. The molecule has 6 heteroatoms. The molecule has 0 atom stereocenters. The third kappa shape index (κ3) is 5.81. The van der Waals surface area contributed by atoms with Crippen LogP contribution in [0.5, 0.6) is 5.75 Å². The van der Waals surface area contributed by atoms with Crippen LogP contribution in [-0.4, -0.2) is 38.1 Å². The SMILES string of the molecule is COc1ccc(C(=O)NCCN=C(N)NC2CCCCC2)cc1. The Kier molecular flexibility index (Phi) is 6.72. The largest absolute Gasteiger partial charge is 0.497 e. The number of carbonyl (C=O) groups is 1. The van der Waals surface area contributed by atoms with Gasteiger partial charge in [-0.2, -0.15) is 0 Å². The number of rotatable bonds is 6. The Bertz CT molecular complexity index is 522. The van der Waals surface area contributed by atoms with Crippen molar-refractivity contribution in [2.45, 2.75) is 38.1 Å². The number of hydrogen-bond donors (Lipinski definition) is 3. The van der Waals surface area contributed by atoms with Crippen molar-refractivity contribution in [3.8, 4) is 5.75 Å². The first kappa shape index (κ1) is 17.1. The van der Waals surface area contributed by atoms with Crippen molar-refractivity contribution >= 4 is 11.9 Å². The number of benzene rings is 1. The minimum Gasteiger partial charge on any atom is -0.497 e. The molecule has 1 aromatic rings. The number of guanidine groups is 1. The molecule has 1 amide bonds. The van der Waals surface area contributed by atoms with Gasteiger partial charge in [0.15, 0.2) is 5.96 Å². The van der Waals surface area contributed by atoms with E-state index in [1.807, 2.05) is 0 Å². The Morgan fingerprint density at radius 2 is 1.96 bits per heavy atom. The molecule has 0 aromatic heterocycles. The van der Waals surface area contributed by atoms with E-state index in [0.29, 0.717) is 30.7 Å². The second-order valence-corrected chi connectivity index (χ2v) is 5.73. The minimum absolute atomic E-state index is 0.123. The van der Waals surface area contributed by atoms with Gasteiger partial charge in [0.2, 0.25) is 0 Å². The van der Waals surface area contributed by atoms with Gasteiger partial charge in [0.1, 0.15) is 5.75 Å². The van der Waals surface area contributed by atoms with Crippen molar-refractivity contribution in [1.29, 1.82) is 0 Å².